The SMILES string of the molecule is C=N/C(=C\C=N/c1cc(CC)c(OC)c(OC)c1)Nc1ccc(C)nc1-c1ccccn1. The molecule has 2 heterocycles. The van der Waals surface area contributed by atoms with Gasteiger partial charge in [0.1, 0.15) is 11.5 Å². The summed E-state index contributed by atoms with van der Waals surface area (Å²) < 4.78 is 10.9. The van der Waals surface area contributed by atoms with Crippen LogP contribution >= 0.6 is 0 Å². The number of aryl methyl sites for hydroxylation is 2. The Balaban J connectivity index is 1.87. The van der Waals surface area contributed by atoms with Crippen molar-refractivity contribution in [2.75, 3.05) is 19.5 Å². The van der Waals surface area contributed by atoms with Crippen molar-refractivity contribution in [2.45, 2.75) is 20.3 Å². The Morgan fingerprint density at radius 2 is 2.00 bits per heavy atom. The van der Waals surface area contributed by atoms with Crippen molar-refractivity contribution in [1.29, 1.82) is 0 Å². The minimum Gasteiger partial charge on any atom is -0.493 e. The molecule has 0 saturated carbocycles. The summed E-state index contributed by atoms with van der Waals surface area (Å²) in [5, 5.41) is 3.27. The maximum absolute atomic E-state index is 5.46. The zero-order valence-electron chi connectivity index (χ0n) is 18.8. The Morgan fingerprint density at radius 3 is 2.66 bits per heavy atom. The average Bonchev–Trinajstić information content (AvgIpc) is 2.84. The van der Waals surface area contributed by atoms with Crippen LogP contribution in [0.3, 0.4) is 0 Å². The molecule has 0 saturated heterocycles. The van der Waals surface area contributed by atoms with Gasteiger partial charge in [0.25, 0.3) is 0 Å². The zero-order chi connectivity index (χ0) is 22.9. The van der Waals surface area contributed by atoms with Gasteiger partial charge in [0, 0.05) is 24.2 Å². The number of pyridine rings is 2. The van der Waals surface area contributed by atoms with Crippen molar-refractivity contribution < 1.29 is 9.47 Å². The van der Waals surface area contributed by atoms with Gasteiger partial charge < -0.3 is 14.8 Å². The van der Waals surface area contributed by atoms with Gasteiger partial charge in [-0.05, 0) is 62.0 Å². The third-order valence-corrected chi connectivity index (χ3v) is 4.75. The van der Waals surface area contributed by atoms with Gasteiger partial charge in [-0.3, -0.25) is 9.98 Å². The van der Waals surface area contributed by atoms with E-state index in [1.54, 1.807) is 32.7 Å². The van der Waals surface area contributed by atoms with Crippen LogP contribution in [0.4, 0.5) is 11.4 Å². The fourth-order valence-corrected chi connectivity index (χ4v) is 3.19. The molecule has 3 aromatic rings. The lowest BCUT2D eigenvalue weighted by Gasteiger charge is -2.12. The largest absolute Gasteiger partial charge is 0.493 e. The van der Waals surface area contributed by atoms with Gasteiger partial charge in [-0.15, -0.1) is 0 Å². The van der Waals surface area contributed by atoms with E-state index in [2.05, 4.69) is 38.9 Å². The van der Waals surface area contributed by atoms with Crippen LogP contribution in [0.15, 0.2) is 70.5 Å². The van der Waals surface area contributed by atoms with Crippen LogP contribution in [0, 0.1) is 6.92 Å². The standard InChI is InChI=1S/C25H27N5O2/c1-6-18-15-19(16-22(31-4)25(18)32-5)27-14-12-23(26-3)30-21-11-10-17(2)29-24(21)20-9-7-8-13-28-20/h7-16,30H,3,6H2,1-2,4-5H3/b23-12+,27-14-. The lowest BCUT2D eigenvalue weighted by atomic mass is 10.1. The fourth-order valence-electron chi connectivity index (χ4n) is 3.19. The Hall–Kier alpha value is -4.00. The first-order chi connectivity index (χ1) is 15.6. The smallest absolute Gasteiger partial charge is 0.164 e. The highest BCUT2D eigenvalue weighted by Crippen LogP contribution is 2.36. The van der Waals surface area contributed by atoms with Crippen molar-refractivity contribution in [2.24, 2.45) is 9.98 Å². The summed E-state index contributed by atoms with van der Waals surface area (Å²) in [7, 11) is 3.25. The van der Waals surface area contributed by atoms with Gasteiger partial charge in [-0.25, -0.2) is 9.98 Å². The van der Waals surface area contributed by atoms with Crippen LogP contribution in [0.25, 0.3) is 11.4 Å². The molecule has 0 fully saturated rings. The predicted octanol–water partition coefficient (Wildman–Crippen LogP) is 5.39. The Morgan fingerprint density at radius 1 is 1.16 bits per heavy atom. The number of ether oxygens (including phenoxy) is 2. The normalized spacial score (nSPS) is 11.4. The van der Waals surface area contributed by atoms with Gasteiger partial charge in [0.05, 0.1) is 31.3 Å². The molecule has 0 bridgehead atoms. The molecule has 164 valence electrons. The van der Waals surface area contributed by atoms with Gasteiger partial charge >= 0.3 is 0 Å². The number of allylic oxidation sites excluding steroid dienone is 1. The molecule has 0 atom stereocenters. The third-order valence-electron chi connectivity index (χ3n) is 4.75. The number of anilines is 1. The molecule has 1 aromatic carbocycles. The molecule has 2 aromatic heterocycles. The molecule has 7 nitrogen and oxygen atoms in total. The number of nitrogens with zero attached hydrogens (tertiary/aromatic N) is 4. The van der Waals surface area contributed by atoms with E-state index in [0.29, 0.717) is 11.6 Å². The molecule has 0 aliphatic rings. The van der Waals surface area contributed by atoms with E-state index in [4.69, 9.17) is 9.47 Å². The Bertz CT molecular complexity index is 1120. The average molecular weight is 430 g/mol. The van der Waals surface area contributed by atoms with Crippen LogP contribution in [-0.4, -0.2) is 37.1 Å². The number of hydrogen-bond acceptors (Lipinski definition) is 7. The molecule has 0 unspecified atom stereocenters. The second kappa shape index (κ2) is 10.9. The molecule has 3 rings (SSSR count). The van der Waals surface area contributed by atoms with Crippen molar-refractivity contribution in [3.8, 4) is 22.9 Å². The van der Waals surface area contributed by atoms with E-state index in [-0.39, 0.29) is 0 Å². The van der Waals surface area contributed by atoms with E-state index in [0.717, 1.165) is 46.2 Å². The van der Waals surface area contributed by atoms with Gasteiger partial charge in [0.15, 0.2) is 11.5 Å². The highest BCUT2D eigenvalue weighted by atomic mass is 16.5. The molecule has 7 heteroatoms. The summed E-state index contributed by atoms with van der Waals surface area (Å²) in [6.07, 6.45) is 5.96. The first kappa shape index (κ1) is 22.7. The summed E-state index contributed by atoms with van der Waals surface area (Å²) >= 11 is 0. The maximum Gasteiger partial charge on any atom is 0.164 e. The number of aliphatic imine (C=N–C) groups is 2. The maximum atomic E-state index is 5.46. The van der Waals surface area contributed by atoms with Crippen molar-refractivity contribution in [3.63, 3.8) is 0 Å². The Labute approximate surface area is 188 Å². The van der Waals surface area contributed by atoms with Gasteiger partial charge in [-0.2, -0.15) is 0 Å². The topological polar surface area (TPSA) is 81.0 Å². The molecule has 0 radical (unpaired) electrons. The quantitative estimate of drug-likeness (QED) is 0.461. The number of methoxy groups -OCH3 is 2. The zero-order valence-corrected chi connectivity index (χ0v) is 18.8. The number of hydrogen-bond donors (Lipinski definition) is 1. The van der Waals surface area contributed by atoms with Crippen molar-refractivity contribution in [3.05, 3.63) is 71.8 Å². The van der Waals surface area contributed by atoms with E-state index in [1.807, 2.05) is 49.4 Å². The lowest BCUT2D eigenvalue weighted by molar-refractivity contribution is 0.352. The van der Waals surface area contributed by atoms with Crippen LogP contribution < -0.4 is 14.8 Å². The summed E-state index contributed by atoms with van der Waals surface area (Å²) in [6, 6.07) is 13.4. The summed E-state index contributed by atoms with van der Waals surface area (Å²) in [6.45, 7) is 7.67. The van der Waals surface area contributed by atoms with E-state index < -0.39 is 0 Å². The number of benzene rings is 1. The summed E-state index contributed by atoms with van der Waals surface area (Å²) in [5.74, 6) is 1.91. The first-order valence-corrected chi connectivity index (χ1v) is 10.2. The molecule has 1 N–H and O–H groups in total. The number of rotatable bonds is 9. The molecule has 0 aliphatic heterocycles. The fraction of sp³-hybridized carbons (Fsp3) is 0.200. The number of nitrogens with one attached hydrogen (secondary N) is 1. The molecule has 0 spiro atoms. The molecule has 0 aliphatic carbocycles. The second-order valence-corrected chi connectivity index (χ2v) is 6.87. The van der Waals surface area contributed by atoms with Gasteiger partial charge in [-0.1, -0.05) is 13.0 Å². The minimum atomic E-state index is 0.535. The van der Waals surface area contributed by atoms with Crippen LogP contribution in [-0.2, 0) is 6.42 Å². The highest BCUT2D eigenvalue weighted by molar-refractivity contribution is 5.79. The van der Waals surface area contributed by atoms with Crippen LogP contribution in [0.2, 0.25) is 0 Å². The Kier molecular flexibility index (Phi) is 7.70. The minimum absolute atomic E-state index is 0.535. The van der Waals surface area contributed by atoms with E-state index in [9.17, 15) is 0 Å². The van der Waals surface area contributed by atoms with Crippen molar-refractivity contribution in [1.82, 2.24) is 9.97 Å². The molecular weight excluding hydrogens is 402 g/mol. The second-order valence-electron chi connectivity index (χ2n) is 6.87. The highest BCUT2D eigenvalue weighted by Gasteiger charge is 2.11. The predicted molar refractivity (Wildman–Crippen MR) is 131 cm³/mol. The molecule has 0 amide bonds. The van der Waals surface area contributed by atoms with E-state index >= 15 is 0 Å². The van der Waals surface area contributed by atoms with Crippen LogP contribution in [0.1, 0.15) is 18.2 Å². The van der Waals surface area contributed by atoms with Crippen molar-refractivity contribution >= 4 is 24.3 Å². The van der Waals surface area contributed by atoms with Crippen LogP contribution in [0.5, 0.6) is 11.5 Å². The first-order valence-electron chi connectivity index (χ1n) is 10.2. The molecule has 32 heavy (non-hydrogen) atoms. The lowest BCUT2D eigenvalue weighted by Crippen LogP contribution is -2.02. The third kappa shape index (κ3) is 5.37. The summed E-state index contributed by atoms with van der Waals surface area (Å²) in [4.78, 5) is 17.7. The van der Waals surface area contributed by atoms with E-state index in [1.165, 1.54) is 0 Å². The monoisotopic (exact) mass is 429 g/mol. The molecular formula is C25H27N5O2. The summed E-state index contributed by atoms with van der Waals surface area (Å²) in [5.41, 5.74) is 4.97. The number of aromatic nitrogens is 2. The van der Waals surface area contributed by atoms with Gasteiger partial charge in [0.2, 0.25) is 0 Å².